The lowest BCUT2D eigenvalue weighted by atomic mass is 9.70. The molecule has 0 heterocycles. The van der Waals surface area contributed by atoms with Gasteiger partial charge >= 0.3 is 11.9 Å². The topological polar surface area (TPSA) is 63.6 Å². The maximum atomic E-state index is 11.6. The molecule has 4 heteroatoms. The predicted molar refractivity (Wildman–Crippen MR) is 86.4 cm³/mol. The van der Waals surface area contributed by atoms with E-state index >= 15 is 0 Å². The Kier molecular flexibility index (Phi) is 5.26. The largest absolute Gasteiger partial charge is 0.478 e. The Morgan fingerprint density at radius 1 is 1.14 bits per heavy atom. The number of ether oxygens (including phenoxy) is 1. The molecular formula is C18H28O4. The van der Waals surface area contributed by atoms with Crippen molar-refractivity contribution >= 4 is 11.9 Å². The van der Waals surface area contributed by atoms with E-state index in [0.29, 0.717) is 16.9 Å². The zero-order valence-corrected chi connectivity index (χ0v) is 14.4. The van der Waals surface area contributed by atoms with Crippen LogP contribution in [-0.2, 0) is 14.3 Å². The summed E-state index contributed by atoms with van der Waals surface area (Å²) >= 11 is 0. The quantitative estimate of drug-likeness (QED) is 0.633. The van der Waals surface area contributed by atoms with Crippen LogP contribution in [0.1, 0.15) is 53.9 Å². The monoisotopic (exact) mass is 308 g/mol. The second-order valence-corrected chi connectivity index (χ2v) is 7.37. The van der Waals surface area contributed by atoms with E-state index in [9.17, 15) is 9.59 Å². The molecular weight excluding hydrogens is 280 g/mol. The van der Waals surface area contributed by atoms with Crippen LogP contribution in [0.2, 0.25) is 0 Å². The van der Waals surface area contributed by atoms with Gasteiger partial charge in [-0.3, -0.25) is 0 Å². The summed E-state index contributed by atoms with van der Waals surface area (Å²) in [4.78, 5) is 21.2. The van der Waals surface area contributed by atoms with Crippen LogP contribution < -0.4 is 0 Å². The van der Waals surface area contributed by atoms with E-state index in [2.05, 4.69) is 33.9 Å². The van der Waals surface area contributed by atoms with Gasteiger partial charge in [0.1, 0.15) is 6.10 Å². The number of carboxylic acid groups (broad SMARTS) is 1. The average molecular weight is 308 g/mol. The molecule has 3 unspecified atom stereocenters. The molecule has 1 N–H and O–H groups in total. The molecule has 0 aromatic rings. The first kappa shape index (κ1) is 18.5. The summed E-state index contributed by atoms with van der Waals surface area (Å²) in [7, 11) is 0. The van der Waals surface area contributed by atoms with E-state index in [-0.39, 0.29) is 23.1 Å². The highest BCUT2D eigenvalue weighted by molar-refractivity contribution is 5.87. The molecule has 0 aromatic heterocycles. The van der Waals surface area contributed by atoms with Crippen molar-refractivity contribution in [2.45, 2.75) is 60.0 Å². The van der Waals surface area contributed by atoms with Gasteiger partial charge in [0.2, 0.25) is 0 Å². The number of fused-ring (bicyclic) bond motifs is 2. The van der Waals surface area contributed by atoms with E-state index in [0.717, 1.165) is 6.42 Å². The van der Waals surface area contributed by atoms with Crippen molar-refractivity contribution in [2.75, 3.05) is 0 Å². The van der Waals surface area contributed by atoms with E-state index in [1.165, 1.54) is 19.8 Å². The fourth-order valence-electron chi connectivity index (χ4n) is 3.54. The first-order valence-corrected chi connectivity index (χ1v) is 7.68. The summed E-state index contributed by atoms with van der Waals surface area (Å²) in [5, 5.41) is 7.89. The van der Waals surface area contributed by atoms with Crippen molar-refractivity contribution in [1.82, 2.24) is 0 Å². The van der Waals surface area contributed by atoms with Crippen LogP contribution in [-0.4, -0.2) is 23.1 Å². The smallest absolute Gasteiger partial charge is 0.333 e. The van der Waals surface area contributed by atoms with Crippen molar-refractivity contribution in [1.29, 1.82) is 0 Å². The third-order valence-corrected chi connectivity index (χ3v) is 5.68. The van der Waals surface area contributed by atoms with E-state index < -0.39 is 5.97 Å². The Bertz CT molecular complexity index is 491. The molecule has 124 valence electrons. The molecule has 22 heavy (non-hydrogen) atoms. The molecule has 0 radical (unpaired) electrons. The van der Waals surface area contributed by atoms with Crippen LogP contribution in [0, 0.1) is 16.7 Å². The lowest BCUT2D eigenvalue weighted by molar-refractivity contribution is -0.151. The summed E-state index contributed by atoms with van der Waals surface area (Å²) in [5.74, 6) is -0.454. The lowest BCUT2D eigenvalue weighted by Gasteiger charge is -2.38. The Morgan fingerprint density at radius 2 is 1.64 bits per heavy atom. The third-order valence-electron chi connectivity index (χ3n) is 5.68. The van der Waals surface area contributed by atoms with Crippen molar-refractivity contribution in [3.8, 4) is 0 Å². The zero-order chi connectivity index (χ0) is 17.3. The van der Waals surface area contributed by atoms with Gasteiger partial charge in [0.15, 0.2) is 0 Å². The number of hydrogen-bond acceptors (Lipinski definition) is 3. The molecule has 4 nitrogen and oxygen atoms in total. The molecule has 2 saturated carbocycles. The van der Waals surface area contributed by atoms with Gasteiger partial charge in [-0.05, 0) is 44.4 Å². The summed E-state index contributed by atoms with van der Waals surface area (Å²) < 4.78 is 5.61. The summed E-state index contributed by atoms with van der Waals surface area (Å²) in [6.45, 7) is 16.9. The van der Waals surface area contributed by atoms with Crippen molar-refractivity contribution in [3.05, 3.63) is 24.3 Å². The standard InChI is InChI=1S/C14H22O2.C4H6O2/c1-9(2)12(15)16-11-8-10-6-7-14(11,5)13(10,3)4;1-3(2)4(5)6/h10-11H,1,6-8H2,2-5H3;1H2,2H3,(H,5,6). The molecule has 2 aliphatic carbocycles. The number of rotatable bonds is 3. The zero-order valence-electron chi connectivity index (χ0n) is 14.4. The molecule has 0 amide bonds. The number of esters is 1. The highest BCUT2D eigenvalue weighted by Gasteiger charge is 2.62. The summed E-state index contributed by atoms with van der Waals surface area (Å²) in [6, 6.07) is 0. The summed E-state index contributed by atoms with van der Waals surface area (Å²) in [5.41, 5.74) is 1.13. The van der Waals surface area contributed by atoms with Gasteiger partial charge in [0, 0.05) is 16.6 Å². The van der Waals surface area contributed by atoms with Crippen molar-refractivity contribution in [2.24, 2.45) is 16.7 Å². The highest BCUT2D eigenvalue weighted by atomic mass is 16.5. The van der Waals surface area contributed by atoms with Crippen LogP contribution >= 0.6 is 0 Å². The minimum atomic E-state index is -0.935. The third kappa shape index (κ3) is 3.26. The summed E-state index contributed by atoms with van der Waals surface area (Å²) in [6.07, 6.45) is 3.58. The molecule has 2 aliphatic rings. The van der Waals surface area contributed by atoms with Crippen LogP contribution in [0.25, 0.3) is 0 Å². The highest BCUT2D eigenvalue weighted by Crippen LogP contribution is 2.66. The van der Waals surface area contributed by atoms with Gasteiger partial charge in [-0.2, -0.15) is 0 Å². The SMILES string of the molecule is C=C(C)C(=O)O.C=C(C)C(=O)OC1CC2CCC1(C)C2(C)C. The first-order valence-electron chi connectivity index (χ1n) is 7.68. The predicted octanol–water partition coefficient (Wildman–Crippen LogP) is 3.97. The molecule has 0 aliphatic heterocycles. The second-order valence-electron chi connectivity index (χ2n) is 7.37. The number of hydrogen-bond donors (Lipinski definition) is 1. The minimum absolute atomic E-state index is 0.0884. The van der Waals surface area contributed by atoms with Crippen LogP contribution in [0.15, 0.2) is 24.3 Å². The van der Waals surface area contributed by atoms with Crippen LogP contribution in [0.3, 0.4) is 0 Å². The van der Waals surface area contributed by atoms with Gasteiger partial charge in [-0.1, -0.05) is 33.9 Å². The number of carboxylic acids is 1. The van der Waals surface area contributed by atoms with E-state index in [4.69, 9.17) is 9.84 Å². The molecule has 0 saturated heterocycles. The number of aliphatic carboxylic acids is 1. The maximum absolute atomic E-state index is 11.6. The van der Waals surface area contributed by atoms with Gasteiger partial charge in [0.05, 0.1) is 0 Å². The fourth-order valence-corrected chi connectivity index (χ4v) is 3.54. The van der Waals surface area contributed by atoms with Gasteiger partial charge in [-0.25, -0.2) is 9.59 Å². The first-order chi connectivity index (χ1) is 9.93. The Hall–Kier alpha value is -1.58. The molecule has 2 rings (SSSR count). The Morgan fingerprint density at radius 3 is 1.91 bits per heavy atom. The second kappa shape index (κ2) is 6.27. The minimum Gasteiger partial charge on any atom is -0.478 e. The molecule has 2 fully saturated rings. The maximum Gasteiger partial charge on any atom is 0.333 e. The molecule has 0 aromatic carbocycles. The van der Waals surface area contributed by atoms with Gasteiger partial charge < -0.3 is 9.84 Å². The fraction of sp³-hybridized carbons (Fsp3) is 0.667. The molecule has 2 bridgehead atoms. The molecule has 3 atom stereocenters. The lowest BCUT2D eigenvalue weighted by Crippen LogP contribution is -2.38. The Balaban J connectivity index is 0.000000346. The Labute approximate surface area is 133 Å². The molecule has 0 spiro atoms. The number of carbonyl (C=O) groups is 2. The van der Waals surface area contributed by atoms with E-state index in [1.807, 2.05) is 0 Å². The number of carbonyl (C=O) groups excluding carboxylic acids is 1. The van der Waals surface area contributed by atoms with Crippen LogP contribution in [0.5, 0.6) is 0 Å². The van der Waals surface area contributed by atoms with Gasteiger partial charge in [0.25, 0.3) is 0 Å². The van der Waals surface area contributed by atoms with Crippen molar-refractivity contribution < 1.29 is 19.4 Å². The van der Waals surface area contributed by atoms with Gasteiger partial charge in [-0.15, -0.1) is 0 Å². The normalized spacial score (nSPS) is 31.0. The van der Waals surface area contributed by atoms with E-state index in [1.54, 1.807) is 6.92 Å². The van der Waals surface area contributed by atoms with Crippen LogP contribution in [0.4, 0.5) is 0 Å². The van der Waals surface area contributed by atoms with Crippen molar-refractivity contribution in [3.63, 3.8) is 0 Å². The average Bonchev–Trinajstić information content (AvgIpc) is 2.72.